The van der Waals surface area contributed by atoms with E-state index in [-0.39, 0.29) is 11.9 Å². The van der Waals surface area contributed by atoms with Crippen molar-refractivity contribution in [1.29, 1.82) is 5.41 Å². The highest BCUT2D eigenvalue weighted by Crippen LogP contribution is 2.27. The van der Waals surface area contributed by atoms with Crippen molar-refractivity contribution in [3.05, 3.63) is 76.0 Å². The number of carbonyl (C=O) groups is 1. The van der Waals surface area contributed by atoms with Crippen molar-refractivity contribution in [3.8, 4) is 0 Å². The lowest BCUT2D eigenvalue weighted by Crippen LogP contribution is -2.25. The predicted molar refractivity (Wildman–Crippen MR) is 107 cm³/mol. The molecule has 0 spiro atoms. The lowest BCUT2D eigenvalue weighted by Gasteiger charge is -2.08. The number of nitrogens with one attached hydrogen (secondary N) is 2. The number of carbonyl (C=O) groups excluding carboxylic acids is 1. The second-order valence-electron chi connectivity index (χ2n) is 6.21. The number of halogens is 1. The summed E-state index contributed by atoms with van der Waals surface area (Å²) in [6.45, 7) is 0.725. The molecule has 4 rings (SSSR count). The number of benzene rings is 2. The zero-order chi connectivity index (χ0) is 18.3. The van der Waals surface area contributed by atoms with Crippen LogP contribution in [0.15, 0.2) is 64.9 Å². The minimum atomic E-state index is -0.250. The number of aromatic nitrogens is 1. The Bertz CT molecular complexity index is 1070. The number of hydrogen-bond donors (Lipinski definition) is 2. The number of likely N-dealkylation sites (N-methyl/N-ethyl adjacent to an activating group) is 1. The van der Waals surface area contributed by atoms with E-state index in [4.69, 9.17) is 5.41 Å². The third-order valence-electron chi connectivity index (χ3n) is 4.57. The molecule has 1 aliphatic rings. The molecule has 6 heteroatoms. The van der Waals surface area contributed by atoms with Gasteiger partial charge < -0.3 is 9.47 Å². The second kappa shape index (κ2) is 6.46. The molecule has 0 unspecified atom stereocenters. The number of rotatable bonds is 3. The van der Waals surface area contributed by atoms with E-state index in [2.05, 4.69) is 50.2 Å². The van der Waals surface area contributed by atoms with Crippen LogP contribution in [0.4, 0.5) is 0 Å². The van der Waals surface area contributed by atoms with Crippen molar-refractivity contribution in [2.24, 2.45) is 0 Å². The first kappa shape index (κ1) is 16.6. The molecule has 0 bridgehead atoms. The van der Waals surface area contributed by atoms with Crippen LogP contribution in [0, 0.1) is 5.41 Å². The quantitative estimate of drug-likeness (QED) is 0.647. The smallest absolute Gasteiger partial charge is 0.274 e. The summed E-state index contributed by atoms with van der Waals surface area (Å²) in [6, 6.07) is 16.3. The fourth-order valence-corrected chi connectivity index (χ4v) is 3.58. The molecule has 0 saturated carbocycles. The Labute approximate surface area is 159 Å². The molecular weight excluding hydrogens is 392 g/mol. The van der Waals surface area contributed by atoms with Crippen LogP contribution >= 0.6 is 15.9 Å². The molecule has 3 aromatic rings. The van der Waals surface area contributed by atoms with Gasteiger partial charge in [-0.1, -0.05) is 52.3 Å². The second-order valence-corrected chi connectivity index (χ2v) is 7.07. The Morgan fingerprint density at radius 2 is 1.88 bits per heavy atom. The molecule has 1 aromatic heterocycles. The number of hydrogen-bond acceptors (Lipinski definition) is 2. The Kier molecular flexibility index (Phi) is 4.12. The van der Waals surface area contributed by atoms with Crippen LogP contribution in [0.2, 0.25) is 0 Å². The number of para-hydroxylation sites is 1. The van der Waals surface area contributed by atoms with Crippen molar-refractivity contribution in [2.75, 3.05) is 7.05 Å². The summed E-state index contributed by atoms with van der Waals surface area (Å²) in [5.74, 6) is -0.154. The Balaban J connectivity index is 1.81. The SMILES string of the molecule is CN1C(=N)NC(=O)/C1=C/c1cn(Cc2ccccc2Br)c2ccccc12. The summed E-state index contributed by atoms with van der Waals surface area (Å²) in [4.78, 5) is 13.7. The van der Waals surface area contributed by atoms with Crippen molar-refractivity contribution >= 4 is 44.8 Å². The molecule has 1 saturated heterocycles. The van der Waals surface area contributed by atoms with Crippen molar-refractivity contribution in [2.45, 2.75) is 6.54 Å². The summed E-state index contributed by atoms with van der Waals surface area (Å²) >= 11 is 3.61. The van der Waals surface area contributed by atoms with E-state index in [0.29, 0.717) is 5.70 Å². The highest BCUT2D eigenvalue weighted by Gasteiger charge is 2.27. The standard InChI is InChI=1S/C20H17BrN4O/c1-24-18(19(26)23-20(24)22)10-14-12-25(17-9-5-3-7-15(14)17)11-13-6-2-4-8-16(13)21/h2-10,12H,11H2,1H3,(H2,22,23,26)/b18-10-. The van der Waals surface area contributed by atoms with Gasteiger partial charge in [0.2, 0.25) is 5.96 Å². The lowest BCUT2D eigenvalue weighted by atomic mass is 10.1. The van der Waals surface area contributed by atoms with E-state index in [9.17, 15) is 4.79 Å². The Hall–Kier alpha value is -2.86. The topological polar surface area (TPSA) is 61.1 Å². The first-order chi connectivity index (χ1) is 12.5. The van der Waals surface area contributed by atoms with Crippen LogP contribution in [0.5, 0.6) is 0 Å². The minimum Gasteiger partial charge on any atom is -0.342 e. The first-order valence-electron chi connectivity index (χ1n) is 8.21. The molecule has 26 heavy (non-hydrogen) atoms. The van der Waals surface area contributed by atoms with Gasteiger partial charge in [0.25, 0.3) is 5.91 Å². The van der Waals surface area contributed by atoms with E-state index >= 15 is 0 Å². The largest absolute Gasteiger partial charge is 0.342 e. The van der Waals surface area contributed by atoms with Crippen molar-refractivity contribution in [1.82, 2.24) is 14.8 Å². The molecule has 0 radical (unpaired) electrons. The number of guanidine groups is 1. The number of fused-ring (bicyclic) bond motifs is 1. The highest BCUT2D eigenvalue weighted by atomic mass is 79.9. The molecule has 5 nitrogen and oxygen atoms in total. The summed E-state index contributed by atoms with van der Waals surface area (Å²) in [5, 5.41) is 11.4. The van der Waals surface area contributed by atoms with Gasteiger partial charge in [-0.3, -0.25) is 15.5 Å². The lowest BCUT2D eigenvalue weighted by molar-refractivity contribution is -0.115. The van der Waals surface area contributed by atoms with Gasteiger partial charge in [-0.2, -0.15) is 0 Å². The molecule has 2 N–H and O–H groups in total. The van der Waals surface area contributed by atoms with Crippen LogP contribution in [0.3, 0.4) is 0 Å². The van der Waals surface area contributed by atoms with Gasteiger partial charge in [0, 0.05) is 40.7 Å². The van der Waals surface area contributed by atoms with Crippen LogP contribution in [0.1, 0.15) is 11.1 Å². The predicted octanol–water partition coefficient (Wildman–Crippen LogP) is 3.79. The fraction of sp³-hybridized carbons (Fsp3) is 0.100. The normalized spacial score (nSPS) is 15.9. The first-order valence-corrected chi connectivity index (χ1v) is 9.00. The van der Waals surface area contributed by atoms with Crippen LogP contribution in [0.25, 0.3) is 17.0 Å². The minimum absolute atomic E-state index is 0.0956. The van der Waals surface area contributed by atoms with Gasteiger partial charge in [0.05, 0.1) is 0 Å². The molecule has 0 aliphatic carbocycles. The van der Waals surface area contributed by atoms with E-state index in [1.54, 1.807) is 11.9 Å². The van der Waals surface area contributed by atoms with Crippen LogP contribution in [-0.4, -0.2) is 28.4 Å². The van der Waals surface area contributed by atoms with E-state index in [1.807, 2.05) is 36.4 Å². The highest BCUT2D eigenvalue weighted by molar-refractivity contribution is 9.10. The van der Waals surface area contributed by atoms with Gasteiger partial charge in [-0.25, -0.2) is 0 Å². The van der Waals surface area contributed by atoms with E-state index in [0.717, 1.165) is 27.5 Å². The molecule has 1 aliphatic heterocycles. The van der Waals surface area contributed by atoms with E-state index in [1.165, 1.54) is 5.56 Å². The van der Waals surface area contributed by atoms with Gasteiger partial charge in [-0.05, 0) is 23.8 Å². The Morgan fingerprint density at radius 1 is 1.15 bits per heavy atom. The van der Waals surface area contributed by atoms with Crippen molar-refractivity contribution < 1.29 is 4.79 Å². The molecule has 2 heterocycles. The molecule has 130 valence electrons. The molecular formula is C20H17BrN4O. The third kappa shape index (κ3) is 2.82. The molecule has 1 fully saturated rings. The molecule has 2 aromatic carbocycles. The maximum absolute atomic E-state index is 12.1. The monoisotopic (exact) mass is 408 g/mol. The zero-order valence-electron chi connectivity index (χ0n) is 14.2. The van der Waals surface area contributed by atoms with Crippen LogP contribution < -0.4 is 5.32 Å². The van der Waals surface area contributed by atoms with E-state index < -0.39 is 0 Å². The summed E-state index contributed by atoms with van der Waals surface area (Å²) in [6.07, 6.45) is 3.90. The van der Waals surface area contributed by atoms with Gasteiger partial charge >= 0.3 is 0 Å². The maximum atomic E-state index is 12.1. The zero-order valence-corrected chi connectivity index (χ0v) is 15.7. The molecule has 0 atom stereocenters. The number of nitrogens with zero attached hydrogens (tertiary/aromatic N) is 2. The fourth-order valence-electron chi connectivity index (χ4n) is 3.17. The maximum Gasteiger partial charge on any atom is 0.274 e. The van der Waals surface area contributed by atoms with Crippen molar-refractivity contribution in [3.63, 3.8) is 0 Å². The summed E-state index contributed by atoms with van der Waals surface area (Å²) in [5.41, 5.74) is 3.72. The summed E-state index contributed by atoms with van der Waals surface area (Å²) in [7, 11) is 1.71. The average Bonchev–Trinajstić information content (AvgIpc) is 3.10. The van der Waals surface area contributed by atoms with Gasteiger partial charge in [0.15, 0.2) is 0 Å². The third-order valence-corrected chi connectivity index (χ3v) is 5.35. The molecule has 1 amide bonds. The Morgan fingerprint density at radius 3 is 2.62 bits per heavy atom. The van der Waals surface area contributed by atoms with Crippen LogP contribution in [-0.2, 0) is 11.3 Å². The summed E-state index contributed by atoms with van der Waals surface area (Å²) < 4.78 is 3.25. The van der Waals surface area contributed by atoms with Gasteiger partial charge in [0.1, 0.15) is 5.70 Å². The van der Waals surface area contributed by atoms with Gasteiger partial charge in [-0.15, -0.1) is 0 Å². The average molecular weight is 409 g/mol. The number of amides is 1.